The number of aliphatic imine (C=N–C) groups is 1. The average molecular weight is 285 g/mol. The largest absolute Gasteiger partial charge is 0.497 e. The van der Waals surface area contributed by atoms with E-state index in [-0.39, 0.29) is 11.9 Å². The molecule has 0 amide bonds. The zero-order valence-corrected chi connectivity index (χ0v) is 11.7. The summed E-state index contributed by atoms with van der Waals surface area (Å²) < 4.78 is 18.3. The molecule has 0 saturated heterocycles. The van der Waals surface area contributed by atoms with Gasteiger partial charge in [-0.05, 0) is 29.8 Å². The molecule has 21 heavy (non-hydrogen) atoms. The Bertz CT molecular complexity index is 669. The van der Waals surface area contributed by atoms with Crippen molar-refractivity contribution in [3.05, 3.63) is 59.9 Å². The van der Waals surface area contributed by atoms with E-state index in [0.717, 1.165) is 17.0 Å². The maximum atomic E-state index is 13.1. The minimum Gasteiger partial charge on any atom is -0.497 e. The van der Waals surface area contributed by atoms with Crippen molar-refractivity contribution >= 4 is 11.6 Å². The molecule has 0 aliphatic carbocycles. The van der Waals surface area contributed by atoms with Crippen LogP contribution in [0.2, 0.25) is 0 Å². The summed E-state index contributed by atoms with van der Waals surface area (Å²) >= 11 is 0. The molecule has 4 nitrogen and oxygen atoms in total. The maximum absolute atomic E-state index is 13.1. The molecule has 0 spiro atoms. The van der Waals surface area contributed by atoms with E-state index in [1.165, 1.54) is 12.1 Å². The van der Waals surface area contributed by atoms with Crippen LogP contribution in [0.5, 0.6) is 5.75 Å². The van der Waals surface area contributed by atoms with E-state index >= 15 is 0 Å². The highest BCUT2D eigenvalue weighted by atomic mass is 19.1. The van der Waals surface area contributed by atoms with Gasteiger partial charge in [-0.15, -0.1) is 0 Å². The van der Waals surface area contributed by atoms with Gasteiger partial charge in [0.05, 0.1) is 19.7 Å². The predicted octanol–water partition coefficient (Wildman–Crippen LogP) is 2.71. The molecule has 2 N–H and O–H groups in total. The summed E-state index contributed by atoms with van der Waals surface area (Å²) in [6.07, 6.45) is 0. The number of ether oxygens (including phenoxy) is 1. The van der Waals surface area contributed by atoms with Crippen molar-refractivity contribution in [1.29, 1.82) is 0 Å². The molecule has 5 heteroatoms. The lowest BCUT2D eigenvalue weighted by atomic mass is 10.1. The molecular formula is C16H16FN3O. The number of anilines is 1. The van der Waals surface area contributed by atoms with Gasteiger partial charge in [0.2, 0.25) is 0 Å². The van der Waals surface area contributed by atoms with Gasteiger partial charge in [0, 0.05) is 11.8 Å². The Kier molecular flexibility index (Phi) is 3.48. The molecule has 108 valence electrons. The summed E-state index contributed by atoms with van der Waals surface area (Å²) in [5, 5.41) is 0. The number of guanidine groups is 1. The van der Waals surface area contributed by atoms with Crippen LogP contribution in [0.4, 0.5) is 10.1 Å². The van der Waals surface area contributed by atoms with Gasteiger partial charge in [0.15, 0.2) is 5.96 Å². The van der Waals surface area contributed by atoms with Crippen LogP contribution in [0.3, 0.4) is 0 Å². The number of nitrogens with two attached hydrogens (primary N) is 1. The summed E-state index contributed by atoms with van der Waals surface area (Å²) in [5.41, 5.74) is 7.90. The zero-order chi connectivity index (χ0) is 14.8. The minimum absolute atomic E-state index is 0.0299. The second-order valence-corrected chi connectivity index (χ2v) is 4.84. The van der Waals surface area contributed by atoms with Crippen LogP contribution in [0, 0.1) is 5.82 Å². The molecule has 1 heterocycles. The van der Waals surface area contributed by atoms with Gasteiger partial charge in [-0.2, -0.15) is 0 Å². The molecule has 1 atom stereocenters. The third kappa shape index (κ3) is 2.54. The quantitative estimate of drug-likeness (QED) is 0.943. The van der Waals surface area contributed by atoms with Crippen molar-refractivity contribution in [2.24, 2.45) is 10.7 Å². The molecule has 0 radical (unpaired) electrons. The zero-order valence-electron chi connectivity index (χ0n) is 11.7. The first-order valence-electron chi connectivity index (χ1n) is 6.67. The Hall–Kier alpha value is -2.56. The Morgan fingerprint density at radius 1 is 1.24 bits per heavy atom. The van der Waals surface area contributed by atoms with Crippen molar-refractivity contribution in [2.75, 3.05) is 18.6 Å². The van der Waals surface area contributed by atoms with Gasteiger partial charge in [-0.3, -0.25) is 4.99 Å². The first-order chi connectivity index (χ1) is 10.2. The van der Waals surface area contributed by atoms with Crippen LogP contribution in [-0.2, 0) is 0 Å². The number of nitrogens with zero attached hydrogens (tertiary/aromatic N) is 2. The Labute approximate surface area is 122 Å². The number of rotatable bonds is 3. The summed E-state index contributed by atoms with van der Waals surface area (Å²) in [6.45, 7) is 0.550. The summed E-state index contributed by atoms with van der Waals surface area (Å²) in [6, 6.07) is 14.0. The SMILES string of the molecule is COc1cccc(N2C(N)=NCC2c2ccc(F)cc2)c1. The van der Waals surface area contributed by atoms with E-state index in [0.29, 0.717) is 12.5 Å². The van der Waals surface area contributed by atoms with E-state index in [1.54, 1.807) is 19.2 Å². The standard InChI is InChI=1S/C16H16FN3O/c1-21-14-4-2-3-13(9-14)20-15(10-19-16(20)18)11-5-7-12(17)8-6-11/h2-9,15H,10H2,1H3,(H2,18,19). The van der Waals surface area contributed by atoms with Gasteiger partial charge in [0.1, 0.15) is 11.6 Å². The average Bonchev–Trinajstić information content (AvgIpc) is 2.90. The number of methoxy groups -OCH3 is 1. The van der Waals surface area contributed by atoms with E-state index in [4.69, 9.17) is 10.5 Å². The monoisotopic (exact) mass is 285 g/mol. The number of hydrogen-bond donors (Lipinski definition) is 1. The molecule has 2 aromatic carbocycles. The summed E-state index contributed by atoms with van der Waals surface area (Å²) in [5.74, 6) is 0.959. The molecule has 0 saturated carbocycles. The predicted molar refractivity (Wildman–Crippen MR) is 81.1 cm³/mol. The van der Waals surface area contributed by atoms with Gasteiger partial charge >= 0.3 is 0 Å². The molecule has 1 unspecified atom stereocenters. The van der Waals surface area contributed by atoms with Crippen molar-refractivity contribution in [1.82, 2.24) is 0 Å². The van der Waals surface area contributed by atoms with Crippen LogP contribution in [0.1, 0.15) is 11.6 Å². The lowest BCUT2D eigenvalue weighted by Gasteiger charge is -2.27. The van der Waals surface area contributed by atoms with E-state index < -0.39 is 0 Å². The molecule has 1 aliphatic rings. The lowest BCUT2D eigenvalue weighted by molar-refractivity contribution is 0.415. The van der Waals surface area contributed by atoms with E-state index in [9.17, 15) is 4.39 Å². The smallest absolute Gasteiger partial charge is 0.196 e. The van der Waals surface area contributed by atoms with E-state index in [1.807, 2.05) is 29.2 Å². The molecule has 0 bridgehead atoms. The van der Waals surface area contributed by atoms with Crippen molar-refractivity contribution in [3.8, 4) is 5.75 Å². The number of hydrogen-bond acceptors (Lipinski definition) is 4. The van der Waals surface area contributed by atoms with E-state index in [2.05, 4.69) is 4.99 Å². The summed E-state index contributed by atoms with van der Waals surface area (Å²) in [7, 11) is 1.62. The fourth-order valence-electron chi connectivity index (χ4n) is 2.51. The number of benzene rings is 2. The fourth-order valence-corrected chi connectivity index (χ4v) is 2.51. The van der Waals surface area contributed by atoms with Gasteiger partial charge in [-0.1, -0.05) is 18.2 Å². The second kappa shape index (κ2) is 5.44. The van der Waals surface area contributed by atoms with Gasteiger partial charge in [0.25, 0.3) is 0 Å². The normalized spacial score (nSPS) is 17.7. The molecule has 3 rings (SSSR count). The molecule has 0 fully saturated rings. The molecular weight excluding hydrogens is 269 g/mol. The Balaban J connectivity index is 1.97. The lowest BCUT2D eigenvalue weighted by Crippen LogP contribution is -2.36. The third-order valence-electron chi connectivity index (χ3n) is 3.57. The highest BCUT2D eigenvalue weighted by Gasteiger charge is 2.29. The maximum Gasteiger partial charge on any atom is 0.196 e. The minimum atomic E-state index is -0.251. The van der Waals surface area contributed by atoms with Crippen molar-refractivity contribution < 1.29 is 9.13 Å². The first kappa shape index (κ1) is 13.4. The van der Waals surface area contributed by atoms with Gasteiger partial charge < -0.3 is 15.4 Å². The third-order valence-corrected chi connectivity index (χ3v) is 3.57. The van der Waals surface area contributed by atoms with Crippen LogP contribution in [-0.4, -0.2) is 19.6 Å². The second-order valence-electron chi connectivity index (χ2n) is 4.84. The topological polar surface area (TPSA) is 50.9 Å². The molecule has 1 aliphatic heterocycles. The van der Waals surface area contributed by atoms with Crippen molar-refractivity contribution in [3.63, 3.8) is 0 Å². The highest BCUT2D eigenvalue weighted by Crippen LogP contribution is 2.32. The summed E-state index contributed by atoms with van der Waals surface area (Å²) in [4.78, 5) is 6.26. The fraction of sp³-hybridized carbons (Fsp3) is 0.188. The van der Waals surface area contributed by atoms with Crippen LogP contribution in [0.25, 0.3) is 0 Å². The highest BCUT2D eigenvalue weighted by molar-refractivity contribution is 5.97. The molecule has 0 aromatic heterocycles. The Morgan fingerprint density at radius 3 is 2.71 bits per heavy atom. The van der Waals surface area contributed by atoms with Crippen LogP contribution < -0.4 is 15.4 Å². The van der Waals surface area contributed by atoms with Crippen LogP contribution >= 0.6 is 0 Å². The number of halogens is 1. The Morgan fingerprint density at radius 2 is 2.00 bits per heavy atom. The van der Waals surface area contributed by atoms with Crippen LogP contribution in [0.15, 0.2) is 53.5 Å². The first-order valence-corrected chi connectivity index (χ1v) is 6.67. The molecule has 2 aromatic rings. The van der Waals surface area contributed by atoms with Gasteiger partial charge in [-0.25, -0.2) is 4.39 Å². The van der Waals surface area contributed by atoms with Crippen molar-refractivity contribution in [2.45, 2.75) is 6.04 Å².